The van der Waals surface area contributed by atoms with Gasteiger partial charge in [0.1, 0.15) is 0 Å². The van der Waals surface area contributed by atoms with Gasteiger partial charge in [-0.3, -0.25) is 4.79 Å². The second-order valence-electron chi connectivity index (χ2n) is 6.83. The van der Waals surface area contributed by atoms with Crippen LogP contribution in [0.2, 0.25) is 0 Å². The average molecular weight is 288 g/mol. The van der Waals surface area contributed by atoms with Gasteiger partial charge in [0, 0.05) is 6.54 Å². The van der Waals surface area contributed by atoms with Gasteiger partial charge < -0.3 is 10.2 Å². The van der Waals surface area contributed by atoms with Crippen molar-refractivity contribution in [3.63, 3.8) is 0 Å². The molecule has 0 heterocycles. The fourth-order valence-electron chi connectivity index (χ4n) is 1.97. The monoisotopic (exact) mass is 288 g/mol. The third-order valence-corrected chi connectivity index (χ3v) is 3.29. The lowest BCUT2D eigenvalue weighted by Gasteiger charge is -2.25. The minimum atomic E-state index is -0.0381. The Kier molecular flexibility index (Phi) is 6.16. The van der Waals surface area contributed by atoms with Crippen molar-refractivity contribution in [1.29, 1.82) is 0 Å². The molecule has 1 amide bonds. The molecule has 21 heavy (non-hydrogen) atoms. The number of benzene rings is 1. The van der Waals surface area contributed by atoms with Gasteiger partial charge in [-0.25, -0.2) is 0 Å². The first-order valence-electron chi connectivity index (χ1n) is 7.39. The minimum absolute atomic E-state index is 0.0231. The summed E-state index contributed by atoms with van der Waals surface area (Å²) in [7, 11) is 4.06. The number of likely N-dealkylation sites (N-methyl/N-ethyl adjacent to an activating group) is 1. The van der Waals surface area contributed by atoms with Crippen molar-refractivity contribution in [3.05, 3.63) is 47.5 Å². The third-order valence-electron chi connectivity index (χ3n) is 3.29. The van der Waals surface area contributed by atoms with Crippen molar-refractivity contribution in [1.82, 2.24) is 10.2 Å². The number of carbonyl (C=O) groups is 1. The Morgan fingerprint density at radius 1 is 1.24 bits per heavy atom. The van der Waals surface area contributed by atoms with Crippen molar-refractivity contribution < 1.29 is 4.79 Å². The second-order valence-corrected chi connectivity index (χ2v) is 6.83. The highest BCUT2D eigenvalue weighted by Crippen LogP contribution is 2.18. The minimum Gasteiger partial charge on any atom is -0.351 e. The second kappa shape index (κ2) is 7.41. The van der Waals surface area contributed by atoms with E-state index in [9.17, 15) is 4.79 Å². The maximum absolute atomic E-state index is 11.9. The zero-order chi connectivity index (χ0) is 16.0. The molecule has 1 unspecified atom stereocenters. The molecular weight excluding hydrogens is 260 g/mol. The van der Waals surface area contributed by atoms with Gasteiger partial charge in [-0.05, 0) is 38.1 Å². The molecular formula is C18H28N2O. The van der Waals surface area contributed by atoms with E-state index in [0.717, 1.165) is 0 Å². The highest BCUT2D eigenvalue weighted by atomic mass is 16.1. The van der Waals surface area contributed by atoms with Crippen LogP contribution in [0.4, 0.5) is 0 Å². The number of nitrogens with one attached hydrogen (secondary N) is 1. The lowest BCUT2D eigenvalue weighted by atomic mass is 9.96. The number of hydrogen-bond donors (Lipinski definition) is 1. The van der Waals surface area contributed by atoms with Gasteiger partial charge in [0.2, 0.25) is 5.91 Å². The Balaban J connectivity index is 2.66. The first-order valence-corrected chi connectivity index (χ1v) is 7.39. The number of hydrogen-bond acceptors (Lipinski definition) is 2. The van der Waals surface area contributed by atoms with Crippen LogP contribution in [-0.4, -0.2) is 31.4 Å². The Bertz CT molecular complexity index is 481. The molecule has 1 aromatic carbocycles. The molecule has 1 atom stereocenters. The third kappa shape index (κ3) is 6.58. The molecule has 116 valence electrons. The molecule has 1 rings (SSSR count). The van der Waals surface area contributed by atoms with Crippen LogP contribution in [0.3, 0.4) is 0 Å². The Labute approximate surface area is 129 Å². The highest BCUT2D eigenvalue weighted by Gasteiger charge is 2.14. The molecule has 0 fully saturated rings. The van der Waals surface area contributed by atoms with Crippen LogP contribution in [0.25, 0.3) is 0 Å². The van der Waals surface area contributed by atoms with Gasteiger partial charge in [-0.15, -0.1) is 0 Å². The maximum Gasteiger partial charge on any atom is 0.243 e. The van der Waals surface area contributed by atoms with Gasteiger partial charge >= 0.3 is 0 Å². The van der Waals surface area contributed by atoms with Crippen LogP contribution in [-0.2, 0) is 4.79 Å². The molecule has 3 nitrogen and oxygen atoms in total. The quantitative estimate of drug-likeness (QED) is 0.843. The lowest BCUT2D eigenvalue weighted by Crippen LogP contribution is -2.33. The van der Waals surface area contributed by atoms with E-state index >= 15 is 0 Å². The smallest absolute Gasteiger partial charge is 0.243 e. The van der Waals surface area contributed by atoms with Gasteiger partial charge in [-0.2, -0.15) is 0 Å². The molecule has 1 aromatic rings. The molecule has 0 saturated heterocycles. The van der Waals surface area contributed by atoms with Crippen molar-refractivity contribution in [3.8, 4) is 0 Å². The first kappa shape index (κ1) is 17.4. The number of amides is 1. The Morgan fingerprint density at radius 3 is 2.29 bits per heavy atom. The van der Waals surface area contributed by atoms with Gasteiger partial charge in [0.05, 0.1) is 6.04 Å². The molecule has 0 bridgehead atoms. The molecule has 0 aliphatic heterocycles. The number of carbonyl (C=O) groups excluding carboxylic acids is 1. The van der Waals surface area contributed by atoms with E-state index in [2.05, 4.69) is 62.2 Å². The molecule has 0 aromatic heterocycles. The van der Waals surface area contributed by atoms with Crippen LogP contribution in [0.15, 0.2) is 36.4 Å². The van der Waals surface area contributed by atoms with E-state index in [4.69, 9.17) is 0 Å². The van der Waals surface area contributed by atoms with Crippen LogP contribution in [0, 0.1) is 12.3 Å². The molecule has 0 aliphatic rings. The number of allylic oxidation sites excluding steroid dienone is 1. The fourth-order valence-corrected chi connectivity index (χ4v) is 1.97. The predicted molar refractivity (Wildman–Crippen MR) is 89.2 cm³/mol. The molecule has 3 heteroatoms. The van der Waals surface area contributed by atoms with Gasteiger partial charge in [0.15, 0.2) is 0 Å². The molecule has 1 N–H and O–H groups in total. The zero-order valence-electron chi connectivity index (χ0n) is 14.1. The predicted octanol–water partition coefficient (Wildman–Crippen LogP) is 3.32. The summed E-state index contributed by atoms with van der Waals surface area (Å²) in [5.41, 5.74) is 2.48. The summed E-state index contributed by atoms with van der Waals surface area (Å²) in [6.45, 7) is 8.90. The molecule has 0 radical (unpaired) electrons. The Hall–Kier alpha value is -1.61. The van der Waals surface area contributed by atoms with Crippen LogP contribution < -0.4 is 5.32 Å². The molecule has 0 aliphatic carbocycles. The van der Waals surface area contributed by atoms with Crippen LogP contribution in [0.1, 0.15) is 37.9 Å². The van der Waals surface area contributed by atoms with Crippen molar-refractivity contribution >= 4 is 5.91 Å². The molecule has 0 spiro atoms. The summed E-state index contributed by atoms with van der Waals surface area (Å²) in [5.74, 6) is -0.0381. The highest BCUT2D eigenvalue weighted by molar-refractivity contribution is 5.87. The van der Waals surface area contributed by atoms with Crippen molar-refractivity contribution in [2.24, 2.45) is 5.41 Å². The van der Waals surface area contributed by atoms with E-state index in [0.29, 0.717) is 6.54 Å². The largest absolute Gasteiger partial charge is 0.351 e. The van der Waals surface area contributed by atoms with Crippen molar-refractivity contribution in [2.75, 3.05) is 20.6 Å². The summed E-state index contributed by atoms with van der Waals surface area (Å²) >= 11 is 0. The summed E-state index contributed by atoms with van der Waals surface area (Å²) in [6.07, 6.45) is 3.56. The number of rotatable bonds is 5. The van der Waals surface area contributed by atoms with Gasteiger partial charge in [-0.1, -0.05) is 56.7 Å². The SMILES string of the molecule is Cc1ccc(C(CNC(=O)/C=C/C(C)(C)C)N(C)C)cc1. The lowest BCUT2D eigenvalue weighted by molar-refractivity contribution is -0.116. The van der Waals surface area contributed by atoms with Crippen molar-refractivity contribution in [2.45, 2.75) is 33.7 Å². The van der Waals surface area contributed by atoms with E-state index < -0.39 is 0 Å². The maximum atomic E-state index is 11.9. The standard InChI is InChI=1S/C18H28N2O/c1-14-7-9-15(10-8-14)16(20(5)6)13-19-17(21)11-12-18(2,3)4/h7-12,16H,13H2,1-6H3,(H,19,21)/b12-11+. The number of aryl methyl sites for hydroxylation is 1. The van der Waals surface area contributed by atoms with E-state index in [1.54, 1.807) is 6.08 Å². The average Bonchev–Trinajstić information content (AvgIpc) is 2.37. The van der Waals surface area contributed by atoms with Crippen LogP contribution >= 0.6 is 0 Å². The number of nitrogens with zero attached hydrogens (tertiary/aromatic N) is 1. The molecule has 0 saturated carbocycles. The summed E-state index contributed by atoms with van der Waals surface area (Å²) in [4.78, 5) is 14.0. The fraction of sp³-hybridized carbons (Fsp3) is 0.500. The summed E-state index contributed by atoms with van der Waals surface area (Å²) in [6, 6.07) is 8.63. The van der Waals surface area contributed by atoms with Crippen LogP contribution in [0.5, 0.6) is 0 Å². The topological polar surface area (TPSA) is 32.3 Å². The van der Waals surface area contributed by atoms with E-state index in [1.165, 1.54) is 11.1 Å². The van der Waals surface area contributed by atoms with Gasteiger partial charge in [0.25, 0.3) is 0 Å². The Morgan fingerprint density at radius 2 is 1.81 bits per heavy atom. The summed E-state index contributed by atoms with van der Waals surface area (Å²) in [5, 5.41) is 2.98. The zero-order valence-corrected chi connectivity index (χ0v) is 14.1. The van der Waals surface area contributed by atoms with E-state index in [1.807, 2.05) is 20.2 Å². The summed E-state index contributed by atoms with van der Waals surface area (Å²) < 4.78 is 0. The first-order chi connectivity index (χ1) is 9.69. The van der Waals surface area contributed by atoms with E-state index in [-0.39, 0.29) is 17.4 Å². The normalized spacial score (nSPS) is 13.7.